The lowest BCUT2D eigenvalue weighted by Crippen LogP contribution is -2.71. The SMILES string of the molecule is C=C1CC23CC[C@H]4[C@](C)(C(=O)OC5O[C@H](CO)[C@@H](O)[C@H](O)[C@H]5O)CCC[C@@]4(C)C2C[C@H]2O[C@@H]4O[C@@H](CO)[C@@H](O)C(O[C@@H]5O[C@H](CO)[C@@H](O)[C@H](O)[C@H]5O)[C@H]4O[C@@H]4O[C@H](C(O)C12C3)[C@@H](O)[C@H](O)[C@H]4O. The summed E-state index contributed by atoms with van der Waals surface area (Å²) in [6.07, 6.45) is -34.2. The smallest absolute Gasteiger partial charge is 0.314 e. The molecule has 6 unspecified atom stereocenters. The molecule has 4 aliphatic carbocycles. The second kappa shape index (κ2) is 18.1. The number of carbonyl (C=O) groups excluding carboxylic acids is 1. The highest BCUT2D eigenvalue weighted by Gasteiger charge is 2.74. The molecule has 2 spiro atoms. The van der Waals surface area contributed by atoms with Gasteiger partial charge in [-0.05, 0) is 74.5 Å². The molecule has 4 bridgehead atoms. The minimum Gasteiger partial charge on any atom is -0.432 e. The van der Waals surface area contributed by atoms with Crippen LogP contribution in [0.3, 0.4) is 0 Å². The van der Waals surface area contributed by atoms with Crippen molar-refractivity contribution in [2.24, 2.45) is 33.5 Å². The van der Waals surface area contributed by atoms with Gasteiger partial charge in [0.25, 0.3) is 0 Å². The lowest BCUT2D eigenvalue weighted by molar-refractivity contribution is -0.411. The quantitative estimate of drug-likeness (QED) is 0.0643. The lowest BCUT2D eigenvalue weighted by Gasteiger charge is -2.66. The molecule has 23 heteroatoms. The molecule has 5 heterocycles. The zero-order valence-electron chi connectivity index (χ0n) is 37.3. The number of carbonyl (C=O) groups is 1. The third kappa shape index (κ3) is 7.61. The molecular weight excluding hydrogens is 896 g/mol. The molecule has 28 atom stereocenters. The molecule has 9 fully saturated rings. The first-order valence-corrected chi connectivity index (χ1v) is 23.4. The molecule has 0 aromatic heterocycles. The van der Waals surface area contributed by atoms with Gasteiger partial charge in [0.1, 0.15) is 97.7 Å². The Morgan fingerprint density at radius 2 is 1.21 bits per heavy atom. The van der Waals surface area contributed by atoms with Gasteiger partial charge in [-0.25, -0.2) is 0 Å². The van der Waals surface area contributed by atoms with E-state index < -0.39 is 182 Å². The van der Waals surface area contributed by atoms with E-state index in [9.17, 15) is 76.3 Å². The molecule has 67 heavy (non-hydrogen) atoms. The summed E-state index contributed by atoms with van der Waals surface area (Å²) in [6, 6.07) is 0. The molecule has 23 nitrogen and oxygen atoms in total. The average molecular weight is 965 g/mol. The fourth-order valence-electron chi connectivity index (χ4n) is 14.3. The van der Waals surface area contributed by atoms with Crippen molar-refractivity contribution in [2.45, 2.75) is 200 Å². The third-order valence-corrected chi connectivity index (χ3v) is 17.8. The largest absolute Gasteiger partial charge is 0.432 e. The molecule has 0 radical (unpaired) electrons. The van der Waals surface area contributed by atoms with Crippen LogP contribution in [-0.4, -0.2) is 232 Å². The predicted octanol–water partition coefficient (Wildman–Crippen LogP) is -5.51. The van der Waals surface area contributed by atoms with Gasteiger partial charge in [-0.1, -0.05) is 25.5 Å². The van der Waals surface area contributed by atoms with Gasteiger partial charge < -0.3 is 109 Å². The number of aliphatic hydroxyl groups is 14. The fraction of sp³-hybridized carbons (Fsp3) is 0.932. The summed E-state index contributed by atoms with van der Waals surface area (Å²) in [7, 11) is 0. The number of hydrogen-bond donors (Lipinski definition) is 14. The number of rotatable bonds is 7. The van der Waals surface area contributed by atoms with Gasteiger partial charge in [0.2, 0.25) is 6.29 Å². The van der Waals surface area contributed by atoms with E-state index in [2.05, 4.69) is 13.5 Å². The molecule has 0 amide bonds. The molecular formula is C44H68O23. The highest BCUT2D eigenvalue weighted by molar-refractivity contribution is 5.77. The van der Waals surface area contributed by atoms with E-state index in [0.717, 1.165) is 0 Å². The Bertz CT molecular complexity index is 1830. The highest BCUT2D eigenvalue weighted by atomic mass is 16.8. The van der Waals surface area contributed by atoms with Crippen molar-refractivity contribution < 1.29 is 114 Å². The van der Waals surface area contributed by atoms with Crippen LogP contribution in [0, 0.1) is 33.5 Å². The van der Waals surface area contributed by atoms with Gasteiger partial charge in [0.15, 0.2) is 18.9 Å². The van der Waals surface area contributed by atoms with Crippen LogP contribution >= 0.6 is 0 Å². The minimum atomic E-state index is -1.97. The summed E-state index contributed by atoms with van der Waals surface area (Å²) in [5.41, 5.74) is -3.32. The van der Waals surface area contributed by atoms with Crippen molar-refractivity contribution in [3.63, 3.8) is 0 Å². The molecule has 0 aromatic rings. The summed E-state index contributed by atoms with van der Waals surface area (Å²) in [5.74, 6) is -1.35. The van der Waals surface area contributed by atoms with Crippen LogP contribution in [-0.2, 0) is 42.7 Å². The van der Waals surface area contributed by atoms with Crippen LogP contribution < -0.4 is 0 Å². The molecule has 9 rings (SSSR count). The van der Waals surface area contributed by atoms with E-state index in [4.69, 9.17) is 37.9 Å². The van der Waals surface area contributed by atoms with Crippen molar-refractivity contribution in [3.8, 4) is 0 Å². The Morgan fingerprint density at radius 3 is 1.85 bits per heavy atom. The van der Waals surface area contributed by atoms with E-state index in [1.54, 1.807) is 6.92 Å². The van der Waals surface area contributed by atoms with Crippen LogP contribution in [0.2, 0.25) is 0 Å². The molecule has 4 saturated carbocycles. The maximum Gasteiger partial charge on any atom is 0.314 e. The lowest BCUT2D eigenvalue weighted by atomic mass is 9.40. The van der Waals surface area contributed by atoms with E-state index >= 15 is 0 Å². The summed E-state index contributed by atoms with van der Waals surface area (Å²) in [6.45, 7) is 6.04. The van der Waals surface area contributed by atoms with Crippen molar-refractivity contribution in [1.82, 2.24) is 0 Å². The van der Waals surface area contributed by atoms with Crippen LogP contribution in [0.15, 0.2) is 12.2 Å². The second-order valence-electron chi connectivity index (χ2n) is 21.2. The van der Waals surface area contributed by atoms with E-state index in [1.807, 2.05) is 0 Å². The summed E-state index contributed by atoms with van der Waals surface area (Å²) in [4.78, 5) is 14.5. The number of aliphatic hydroxyl groups excluding tert-OH is 14. The summed E-state index contributed by atoms with van der Waals surface area (Å²) >= 11 is 0. The van der Waals surface area contributed by atoms with E-state index in [-0.39, 0.29) is 24.7 Å². The second-order valence-corrected chi connectivity index (χ2v) is 21.2. The zero-order chi connectivity index (χ0) is 48.4. The standard InChI is InChI=1S/C44H68O23/c1-15-10-43-8-5-19-41(2,6-4-7-42(19,3)40(59)67-37-30(56)26(52)23(49)17(12-46)61-37)20(43)9-21-44(15,14-43)35(58)33-28(54)27(53)31(57)38(65-33)66-34-32(24(50)18(13-47)62-39(34)63-21)64-36-29(55)25(51)22(48)16(11-45)60-36/h16-39,45-58H,1,4-14H2,2-3H3/t16-,17-,18+,19-,20?,21-,22-,23-,24-,25+,26+,27+,28+,29-,30-,31-,32?,33+,34-,35?,36+,37?,38+,39+,41-,42-,43?,44?/m1/s1. The molecule has 382 valence electrons. The molecule has 14 N–H and O–H groups in total. The predicted molar refractivity (Wildman–Crippen MR) is 217 cm³/mol. The summed E-state index contributed by atoms with van der Waals surface area (Å²) < 4.78 is 48.8. The Hall–Kier alpha value is -1.63. The highest BCUT2D eigenvalue weighted by Crippen LogP contribution is 2.76. The minimum absolute atomic E-state index is 0.162. The maximum absolute atomic E-state index is 14.5. The van der Waals surface area contributed by atoms with Gasteiger partial charge in [-0.3, -0.25) is 4.79 Å². The number of ether oxygens (including phenoxy) is 8. The van der Waals surface area contributed by atoms with E-state index in [1.165, 1.54) is 0 Å². The van der Waals surface area contributed by atoms with Gasteiger partial charge in [-0.15, -0.1) is 0 Å². The Morgan fingerprint density at radius 1 is 0.627 bits per heavy atom. The number of esters is 1. The van der Waals surface area contributed by atoms with Crippen LogP contribution in [0.25, 0.3) is 0 Å². The first-order chi connectivity index (χ1) is 31.6. The van der Waals surface area contributed by atoms with E-state index in [0.29, 0.717) is 44.1 Å². The number of fused-ring (bicyclic) bond motifs is 5. The summed E-state index contributed by atoms with van der Waals surface area (Å²) in [5, 5.41) is 152. The first-order valence-electron chi connectivity index (χ1n) is 23.4. The molecule has 5 saturated heterocycles. The van der Waals surface area contributed by atoms with Crippen molar-refractivity contribution >= 4 is 5.97 Å². The molecule has 5 aliphatic heterocycles. The Balaban J connectivity index is 1.08. The topological polar surface area (TPSA) is 374 Å². The van der Waals surface area contributed by atoms with Crippen molar-refractivity contribution in [3.05, 3.63) is 12.2 Å². The monoisotopic (exact) mass is 964 g/mol. The Labute approximate surface area is 385 Å². The third-order valence-electron chi connectivity index (χ3n) is 17.8. The first kappa shape index (κ1) is 50.3. The van der Waals surface area contributed by atoms with Crippen LogP contribution in [0.1, 0.15) is 65.2 Å². The number of hydrogen-bond acceptors (Lipinski definition) is 23. The van der Waals surface area contributed by atoms with Crippen molar-refractivity contribution in [2.75, 3.05) is 19.8 Å². The zero-order valence-corrected chi connectivity index (χ0v) is 37.3. The Kier molecular flexibility index (Phi) is 13.6. The average Bonchev–Trinajstić information content (AvgIpc) is 3.55. The van der Waals surface area contributed by atoms with Crippen LogP contribution in [0.4, 0.5) is 0 Å². The van der Waals surface area contributed by atoms with Crippen molar-refractivity contribution in [1.29, 1.82) is 0 Å². The van der Waals surface area contributed by atoms with Gasteiger partial charge in [-0.2, -0.15) is 0 Å². The van der Waals surface area contributed by atoms with Gasteiger partial charge in [0, 0.05) is 5.41 Å². The maximum atomic E-state index is 14.5. The normalized spacial score (nSPS) is 57.6. The van der Waals surface area contributed by atoms with Gasteiger partial charge >= 0.3 is 5.97 Å². The fourth-order valence-corrected chi connectivity index (χ4v) is 14.3. The molecule has 9 aliphatic rings. The van der Waals surface area contributed by atoms with Gasteiger partial charge in [0.05, 0.1) is 37.4 Å². The van der Waals surface area contributed by atoms with Crippen LogP contribution in [0.5, 0.6) is 0 Å². The molecule has 0 aromatic carbocycles.